The molecule has 1 aromatic heterocycles. The smallest absolute Gasteiger partial charge is 0.0653 e. The van der Waals surface area contributed by atoms with Crippen LogP contribution in [0.1, 0.15) is 30.0 Å². The molecule has 1 aliphatic rings. The summed E-state index contributed by atoms with van der Waals surface area (Å²) < 4.78 is 0. The minimum Gasteiger partial charge on any atom is -0.259 e. The third kappa shape index (κ3) is 1.25. The van der Waals surface area contributed by atoms with Gasteiger partial charge in [-0.25, -0.2) is 0 Å². The summed E-state index contributed by atoms with van der Waals surface area (Å²) in [6.07, 6.45) is 4.36. The lowest BCUT2D eigenvalue weighted by Crippen LogP contribution is -1.89. The summed E-state index contributed by atoms with van der Waals surface area (Å²) in [7, 11) is 0. The van der Waals surface area contributed by atoms with Crippen LogP contribution in [0.25, 0.3) is 0 Å². The van der Waals surface area contributed by atoms with Crippen LogP contribution in [-0.4, -0.2) is 4.98 Å². The van der Waals surface area contributed by atoms with E-state index >= 15 is 0 Å². The predicted octanol–water partition coefficient (Wildman–Crippen LogP) is 2.92. The molecule has 11 heavy (non-hydrogen) atoms. The molecule has 0 spiro atoms. The van der Waals surface area contributed by atoms with Crippen molar-refractivity contribution in [1.82, 2.24) is 4.98 Å². The highest BCUT2D eigenvalue weighted by Crippen LogP contribution is 2.42. The third-order valence-electron chi connectivity index (χ3n) is 2.07. The van der Waals surface area contributed by atoms with E-state index in [1.54, 1.807) is 0 Å². The van der Waals surface area contributed by atoms with Gasteiger partial charge in [-0.2, -0.15) is 0 Å². The fourth-order valence-electron chi connectivity index (χ4n) is 1.20. The van der Waals surface area contributed by atoms with Crippen molar-refractivity contribution >= 4 is 11.6 Å². The molecule has 0 amide bonds. The minimum atomic E-state index is 0.655. The van der Waals surface area contributed by atoms with Gasteiger partial charge in [0.2, 0.25) is 0 Å². The molecule has 0 unspecified atom stereocenters. The fourth-order valence-corrected chi connectivity index (χ4v) is 1.47. The maximum Gasteiger partial charge on any atom is 0.0653 e. The summed E-state index contributed by atoms with van der Waals surface area (Å²) in [6.45, 7) is 2.02. The summed E-state index contributed by atoms with van der Waals surface area (Å²) in [5, 5.41) is 0.870. The molecule has 0 atom stereocenters. The lowest BCUT2D eigenvalue weighted by Gasteiger charge is -2.02. The minimum absolute atomic E-state index is 0.655. The van der Waals surface area contributed by atoms with Crippen molar-refractivity contribution in [3.05, 3.63) is 28.5 Å². The van der Waals surface area contributed by atoms with Crippen LogP contribution in [0, 0.1) is 6.92 Å². The van der Waals surface area contributed by atoms with Gasteiger partial charge in [0.15, 0.2) is 0 Å². The highest BCUT2D eigenvalue weighted by Gasteiger charge is 2.27. The topological polar surface area (TPSA) is 12.9 Å². The molecule has 2 rings (SSSR count). The Balaban J connectivity index is 2.45. The van der Waals surface area contributed by atoms with Crippen LogP contribution in [0.4, 0.5) is 0 Å². The van der Waals surface area contributed by atoms with Gasteiger partial charge in [-0.15, -0.1) is 0 Å². The van der Waals surface area contributed by atoms with Gasteiger partial charge in [-0.3, -0.25) is 4.98 Å². The Morgan fingerprint density at radius 3 is 2.91 bits per heavy atom. The van der Waals surface area contributed by atoms with Gasteiger partial charge in [0.05, 0.1) is 10.7 Å². The molecule has 0 bridgehead atoms. The Hall–Kier alpha value is -0.560. The first-order valence-electron chi connectivity index (χ1n) is 3.90. The van der Waals surface area contributed by atoms with E-state index in [0.29, 0.717) is 5.92 Å². The Kier molecular flexibility index (Phi) is 1.61. The number of halogens is 1. The standard InChI is InChI=1S/C9H10ClN/c1-6-4-5-11-9(8(6)10)7-2-3-7/h4-5,7H,2-3H2,1H3. The van der Waals surface area contributed by atoms with Crippen LogP contribution in [0.15, 0.2) is 12.3 Å². The van der Waals surface area contributed by atoms with Crippen molar-refractivity contribution in [2.24, 2.45) is 0 Å². The molecular weight excluding hydrogens is 158 g/mol. The van der Waals surface area contributed by atoms with Gasteiger partial charge in [-0.05, 0) is 31.4 Å². The average molecular weight is 168 g/mol. The van der Waals surface area contributed by atoms with E-state index in [2.05, 4.69) is 4.98 Å². The normalized spacial score (nSPS) is 16.9. The highest BCUT2D eigenvalue weighted by atomic mass is 35.5. The summed E-state index contributed by atoms with van der Waals surface area (Å²) in [5.74, 6) is 0.655. The largest absolute Gasteiger partial charge is 0.259 e. The first-order valence-corrected chi connectivity index (χ1v) is 4.28. The van der Waals surface area contributed by atoms with Crippen LogP contribution >= 0.6 is 11.6 Å². The van der Waals surface area contributed by atoms with Crippen molar-refractivity contribution in [1.29, 1.82) is 0 Å². The van der Waals surface area contributed by atoms with Gasteiger partial charge in [0.1, 0.15) is 0 Å². The van der Waals surface area contributed by atoms with Gasteiger partial charge in [0.25, 0.3) is 0 Å². The fraction of sp³-hybridized carbons (Fsp3) is 0.444. The molecular formula is C9H10ClN. The van der Waals surface area contributed by atoms with E-state index in [-0.39, 0.29) is 0 Å². The summed E-state index contributed by atoms with van der Waals surface area (Å²) in [4.78, 5) is 4.27. The molecule has 2 heteroatoms. The van der Waals surface area contributed by atoms with E-state index in [0.717, 1.165) is 16.3 Å². The molecule has 58 valence electrons. The van der Waals surface area contributed by atoms with Crippen LogP contribution in [0.3, 0.4) is 0 Å². The van der Waals surface area contributed by atoms with Crippen LogP contribution in [0.2, 0.25) is 5.02 Å². The zero-order chi connectivity index (χ0) is 7.84. The monoisotopic (exact) mass is 167 g/mol. The second-order valence-corrected chi connectivity index (χ2v) is 3.48. The van der Waals surface area contributed by atoms with Gasteiger partial charge < -0.3 is 0 Å². The number of pyridine rings is 1. The molecule has 1 saturated carbocycles. The van der Waals surface area contributed by atoms with E-state index in [1.165, 1.54) is 12.8 Å². The third-order valence-corrected chi connectivity index (χ3v) is 2.57. The zero-order valence-corrected chi connectivity index (χ0v) is 7.23. The van der Waals surface area contributed by atoms with E-state index in [4.69, 9.17) is 11.6 Å². The first kappa shape index (κ1) is 7.11. The second-order valence-electron chi connectivity index (χ2n) is 3.10. The number of aryl methyl sites for hydroxylation is 1. The molecule has 1 aromatic rings. The van der Waals surface area contributed by atoms with Crippen molar-refractivity contribution < 1.29 is 0 Å². The molecule has 0 aromatic carbocycles. The quantitative estimate of drug-likeness (QED) is 0.627. The van der Waals surface area contributed by atoms with Crippen LogP contribution < -0.4 is 0 Å². The number of hydrogen-bond donors (Lipinski definition) is 0. The summed E-state index contributed by atoms with van der Waals surface area (Å²) in [6, 6.07) is 1.95. The molecule has 0 aliphatic heterocycles. The highest BCUT2D eigenvalue weighted by molar-refractivity contribution is 6.32. The van der Waals surface area contributed by atoms with Gasteiger partial charge in [0, 0.05) is 12.1 Å². The Morgan fingerprint density at radius 1 is 1.55 bits per heavy atom. The zero-order valence-electron chi connectivity index (χ0n) is 6.47. The molecule has 1 nitrogen and oxygen atoms in total. The average Bonchev–Trinajstić information content (AvgIpc) is 2.77. The number of aromatic nitrogens is 1. The molecule has 0 radical (unpaired) electrons. The van der Waals surface area contributed by atoms with E-state index in [1.807, 2.05) is 19.2 Å². The molecule has 0 N–H and O–H groups in total. The molecule has 1 fully saturated rings. The van der Waals surface area contributed by atoms with Crippen molar-refractivity contribution in [3.8, 4) is 0 Å². The molecule has 0 saturated heterocycles. The number of nitrogens with zero attached hydrogens (tertiary/aromatic N) is 1. The van der Waals surface area contributed by atoms with Crippen LogP contribution in [-0.2, 0) is 0 Å². The van der Waals surface area contributed by atoms with Gasteiger partial charge >= 0.3 is 0 Å². The lowest BCUT2D eigenvalue weighted by molar-refractivity contribution is 1.01. The van der Waals surface area contributed by atoms with Crippen molar-refractivity contribution in [2.75, 3.05) is 0 Å². The first-order chi connectivity index (χ1) is 5.29. The summed E-state index contributed by atoms with van der Waals surface area (Å²) >= 11 is 6.07. The van der Waals surface area contributed by atoms with Crippen molar-refractivity contribution in [2.45, 2.75) is 25.7 Å². The Morgan fingerprint density at radius 2 is 2.27 bits per heavy atom. The predicted molar refractivity (Wildman–Crippen MR) is 46.0 cm³/mol. The SMILES string of the molecule is Cc1ccnc(C2CC2)c1Cl. The summed E-state index contributed by atoms with van der Waals surface area (Å²) in [5.41, 5.74) is 2.25. The number of rotatable bonds is 1. The Labute approximate surface area is 71.4 Å². The van der Waals surface area contributed by atoms with Crippen LogP contribution in [0.5, 0.6) is 0 Å². The van der Waals surface area contributed by atoms with Crippen molar-refractivity contribution in [3.63, 3.8) is 0 Å². The van der Waals surface area contributed by atoms with E-state index in [9.17, 15) is 0 Å². The maximum atomic E-state index is 6.07. The maximum absolute atomic E-state index is 6.07. The number of hydrogen-bond acceptors (Lipinski definition) is 1. The lowest BCUT2D eigenvalue weighted by atomic mass is 10.2. The second kappa shape index (κ2) is 2.49. The van der Waals surface area contributed by atoms with Gasteiger partial charge in [-0.1, -0.05) is 11.6 Å². The van der Waals surface area contributed by atoms with E-state index < -0.39 is 0 Å². The Bertz CT molecular complexity index is 279. The molecule has 1 heterocycles. The molecule has 1 aliphatic carbocycles.